The third-order valence-electron chi connectivity index (χ3n) is 1.72. The van der Waals surface area contributed by atoms with Gasteiger partial charge in [0.1, 0.15) is 11.5 Å². The first-order valence-electron chi connectivity index (χ1n) is 4.22. The zero-order chi connectivity index (χ0) is 11.4. The van der Waals surface area contributed by atoms with Crippen molar-refractivity contribution < 1.29 is 18.3 Å². The highest BCUT2D eigenvalue weighted by Crippen LogP contribution is 2.26. The summed E-state index contributed by atoms with van der Waals surface area (Å²) in [7, 11) is 0. The van der Waals surface area contributed by atoms with Crippen LogP contribution in [0, 0.1) is 3.57 Å². The van der Waals surface area contributed by atoms with Crippen LogP contribution in [0.15, 0.2) is 18.2 Å². The molecule has 5 heteroatoms. The van der Waals surface area contributed by atoms with Crippen molar-refractivity contribution in [3.8, 4) is 5.75 Å². The molecular formula is C10H9F2IO2. The normalized spacial score (nSPS) is 10.5. The Kier molecular flexibility index (Phi) is 4.44. The molecule has 0 spiro atoms. The zero-order valence-electron chi connectivity index (χ0n) is 7.97. The van der Waals surface area contributed by atoms with Gasteiger partial charge in [-0.15, -0.1) is 0 Å². The summed E-state index contributed by atoms with van der Waals surface area (Å²) >= 11 is 1.99. The van der Waals surface area contributed by atoms with Crippen molar-refractivity contribution in [1.82, 2.24) is 0 Å². The molecule has 0 aliphatic carbocycles. The van der Waals surface area contributed by atoms with E-state index >= 15 is 0 Å². The quantitative estimate of drug-likeness (QED) is 0.795. The Balaban J connectivity index is 3.02. The van der Waals surface area contributed by atoms with Gasteiger partial charge in [0, 0.05) is 15.6 Å². The molecule has 0 N–H and O–H groups in total. The largest absolute Gasteiger partial charge is 0.434 e. The van der Waals surface area contributed by atoms with Crippen molar-refractivity contribution in [3.05, 3.63) is 27.3 Å². The molecule has 2 nitrogen and oxygen atoms in total. The van der Waals surface area contributed by atoms with Crippen molar-refractivity contribution in [3.63, 3.8) is 0 Å². The fourth-order valence-corrected chi connectivity index (χ4v) is 1.83. The minimum absolute atomic E-state index is 0.0760. The molecule has 0 saturated carbocycles. The Morgan fingerprint density at radius 2 is 2.20 bits per heavy atom. The smallest absolute Gasteiger partial charge is 0.387 e. The first kappa shape index (κ1) is 12.4. The fraction of sp³-hybridized carbons (Fsp3) is 0.300. The second-order valence-corrected chi connectivity index (χ2v) is 4.14. The van der Waals surface area contributed by atoms with E-state index in [-0.39, 0.29) is 18.0 Å². The van der Waals surface area contributed by atoms with Crippen LogP contribution >= 0.6 is 22.6 Å². The molecule has 0 heterocycles. The number of carbonyl (C=O) groups excluding carboxylic acids is 1. The number of benzene rings is 1. The number of hydrogen-bond acceptors (Lipinski definition) is 2. The first-order chi connectivity index (χ1) is 7.00. The summed E-state index contributed by atoms with van der Waals surface area (Å²) in [6.07, 6.45) is 0.112. The molecule has 0 aliphatic heterocycles. The van der Waals surface area contributed by atoms with Gasteiger partial charge in [-0.05, 0) is 41.6 Å². The summed E-state index contributed by atoms with van der Waals surface area (Å²) in [6, 6.07) is 4.80. The molecule has 82 valence electrons. The lowest BCUT2D eigenvalue weighted by Crippen LogP contribution is -2.07. The number of Topliss-reactive ketones (excluding diaryl/α,β-unsaturated/α-hetero) is 1. The lowest BCUT2D eigenvalue weighted by atomic mass is 10.1. The molecule has 0 saturated heterocycles. The predicted octanol–water partition coefficient (Wildman–Crippen LogP) is 3.02. The molecule has 0 unspecified atom stereocenters. The van der Waals surface area contributed by atoms with Gasteiger partial charge in [0.2, 0.25) is 0 Å². The van der Waals surface area contributed by atoms with Crippen molar-refractivity contribution in [2.75, 3.05) is 0 Å². The van der Waals surface area contributed by atoms with E-state index in [1.165, 1.54) is 13.0 Å². The number of ketones is 1. The third kappa shape index (κ3) is 3.73. The van der Waals surface area contributed by atoms with Crippen LogP contribution in [-0.2, 0) is 11.2 Å². The molecular weight excluding hydrogens is 317 g/mol. The molecule has 0 amide bonds. The molecule has 0 bridgehead atoms. The molecule has 1 aromatic rings. The summed E-state index contributed by atoms with van der Waals surface area (Å²) in [4.78, 5) is 11.0. The van der Waals surface area contributed by atoms with E-state index in [0.29, 0.717) is 5.56 Å². The van der Waals surface area contributed by atoms with Gasteiger partial charge >= 0.3 is 6.61 Å². The standard InChI is InChI=1S/C10H9F2IO2/c1-6(14)5-7-8(13)3-2-4-9(7)15-10(11)12/h2-4,10H,5H2,1H3. The molecule has 0 radical (unpaired) electrons. The Labute approximate surface area is 99.8 Å². The lowest BCUT2D eigenvalue weighted by Gasteiger charge is -2.10. The monoisotopic (exact) mass is 326 g/mol. The van der Waals surface area contributed by atoms with Crippen LogP contribution in [-0.4, -0.2) is 12.4 Å². The number of halogens is 3. The minimum Gasteiger partial charge on any atom is -0.434 e. The molecule has 0 aliphatic rings. The number of rotatable bonds is 4. The van der Waals surface area contributed by atoms with Gasteiger partial charge in [-0.1, -0.05) is 6.07 Å². The summed E-state index contributed by atoms with van der Waals surface area (Å²) in [5.41, 5.74) is 0.519. The predicted molar refractivity (Wildman–Crippen MR) is 60.2 cm³/mol. The number of hydrogen-bond donors (Lipinski definition) is 0. The van der Waals surface area contributed by atoms with Crippen molar-refractivity contribution in [2.24, 2.45) is 0 Å². The highest BCUT2D eigenvalue weighted by atomic mass is 127. The summed E-state index contributed by atoms with van der Waals surface area (Å²) in [6.45, 7) is -1.45. The van der Waals surface area contributed by atoms with E-state index in [2.05, 4.69) is 4.74 Å². The van der Waals surface area contributed by atoms with Crippen LogP contribution < -0.4 is 4.74 Å². The average molecular weight is 326 g/mol. The van der Waals surface area contributed by atoms with Crippen LogP contribution in [0.25, 0.3) is 0 Å². The highest BCUT2D eigenvalue weighted by Gasteiger charge is 2.13. The molecule has 0 fully saturated rings. The number of carbonyl (C=O) groups is 1. The second kappa shape index (κ2) is 5.39. The Morgan fingerprint density at radius 1 is 1.53 bits per heavy atom. The van der Waals surface area contributed by atoms with Crippen LogP contribution in [0.5, 0.6) is 5.75 Å². The van der Waals surface area contributed by atoms with Gasteiger partial charge in [-0.3, -0.25) is 4.79 Å². The van der Waals surface area contributed by atoms with Gasteiger partial charge in [-0.25, -0.2) is 0 Å². The second-order valence-electron chi connectivity index (χ2n) is 2.97. The molecule has 15 heavy (non-hydrogen) atoms. The van der Waals surface area contributed by atoms with Gasteiger partial charge < -0.3 is 4.74 Å². The zero-order valence-corrected chi connectivity index (χ0v) is 10.1. The summed E-state index contributed by atoms with van der Waals surface area (Å²) in [5, 5.41) is 0. The lowest BCUT2D eigenvalue weighted by molar-refractivity contribution is -0.116. The highest BCUT2D eigenvalue weighted by molar-refractivity contribution is 14.1. The SMILES string of the molecule is CC(=O)Cc1c(I)cccc1OC(F)F. The average Bonchev–Trinajstić information content (AvgIpc) is 2.09. The van der Waals surface area contributed by atoms with E-state index in [1.807, 2.05) is 22.6 Å². The first-order valence-corrected chi connectivity index (χ1v) is 5.30. The van der Waals surface area contributed by atoms with Crippen LogP contribution in [0.1, 0.15) is 12.5 Å². The van der Waals surface area contributed by atoms with E-state index in [4.69, 9.17) is 0 Å². The maximum absolute atomic E-state index is 12.1. The van der Waals surface area contributed by atoms with E-state index in [0.717, 1.165) is 3.57 Å². The molecule has 0 aromatic heterocycles. The van der Waals surface area contributed by atoms with Crippen molar-refractivity contribution in [1.29, 1.82) is 0 Å². The van der Waals surface area contributed by atoms with Crippen LogP contribution in [0.4, 0.5) is 8.78 Å². The Hall–Kier alpha value is -0.720. The van der Waals surface area contributed by atoms with Gasteiger partial charge in [0.15, 0.2) is 0 Å². The van der Waals surface area contributed by atoms with Crippen molar-refractivity contribution in [2.45, 2.75) is 20.0 Å². The number of alkyl halides is 2. The topological polar surface area (TPSA) is 26.3 Å². The summed E-state index contributed by atoms with van der Waals surface area (Å²) in [5.74, 6) is -0.00895. The minimum atomic E-state index is -2.87. The third-order valence-corrected chi connectivity index (χ3v) is 2.73. The van der Waals surface area contributed by atoms with Gasteiger partial charge in [-0.2, -0.15) is 8.78 Å². The van der Waals surface area contributed by atoms with Crippen LogP contribution in [0.2, 0.25) is 0 Å². The Morgan fingerprint density at radius 3 is 2.73 bits per heavy atom. The summed E-state index contributed by atoms with van der Waals surface area (Å²) < 4.78 is 29.2. The maximum Gasteiger partial charge on any atom is 0.387 e. The van der Waals surface area contributed by atoms with Crippen LogP contribution in [0.3, 0.4) is 0 Å². The fourth-order valence-electron chi connectivity index (χ4n) is 1.17. The Bertz CT molecular complexity index is 366. The maximum atomic E-state index is 12.1. The van der Waals surface area contributed by atoms with E-state index in [9.17, 15) is 13.6 Å². The molecule has 1 aromatic carbocycles. The molecule has 0 atom stereocenters. The van der Waals surface area contributed by atoms with E-state index in [1.54, 1.807) is 12.1 Å². The van der Waals surface area contributed by atoms with E-state index < -0.39 is 6.61 Å². The number of ether oxygens (including phenoxy) is 1. The van der Waals surface area contributed by atoms with Gasteiger partial charge in [0.25, 0.3) is 0 Å². The van der Waals surface area contributed by atoms with Crippen molar-refractivity contribution >= 4 is 28.4 Å². The molecule has 1 rings (SSSR count). The van der Waals surface area contributed by atoms with Gasteiger partial charge in [0.05, 0.1) is 0 Å².